The largest absolute Gasteiger partial charge is 0.449 e. The van der Waals surface area contributed by atoms with Crippen LogP contribution in [0.15, 0.2) is 53.5 Å². The molecule has 108 valence electrons. The number of furan rings is 1. The number of fused-ring (bicyclic) bond motifs is 1. The summed E-state index contributed by atoms with van der Waals surface area (Å²) in [6.07, 6.45) is 3.19. The van der Waals surface area contributed by atoms with E-state index < -0.39 is 0 Å². The Hall–Kier alpha value is -3.15. The highest BCUT2D eigenvalue weighted by Crippen LogP contribution is 2.34. The lowest BCUT2D eigenvalue weighted by Crippen LogP contribution is -1.90. The van der Waals surface area contributed by atoms with E-state index in [-0.39, 0.29) is 0 Å². The minimum Gasteiger partial charge on any atom is -0.449 e. The number of aryl methyl sites for hydroxylation is 1. The number of rotatable bonds is 2. The van der Waals surface area contributed by atoms with Crippen molar-refractivity contribution in [2.45, 2.75) is 0 Å². The summed E-state index contributed by atoms with van der Waals surface area (Å²) in [6, 6.07) is 11.8. The average Bonchev–Trinajstić information content (AvgIpc) is 3.12. The lowest BCUT2D eigenvalue weighted by molar-refractivity contribution is 0.624. The van der Waals surface area contributed by atoms with Crippen LogP contribution in [0.3, 0.4) is 0 Å². The Kier molecular flexibility index (Phi) is 2.69. The van der Waals surface area contributed by atoms with E-state index in [0.717, 1.165) is 17.0 Å². The first kappa shape index (κ1) is 12.6. The zero-order valence-electron chi connectivity index (χ0n) is 11.9. The molecule has 4 aromatic rings. The maximum Gasteiger partial charge on any atom is 0.195 e. The molecule has 6 heteroatoms. The monoisotopic (exact) mass is 291 g/mol. The first-order valence-electron chi connectivity index (χ1n) is 6.81. The predicted molar refractivity (Wildman–Crippen MR) is 83.9 cm³/mol. The molecule has 0 unspecified atom stereocenters. The van der Waals surface area contributed by atoms with E-state index in [2.05, 4.69) is 15.0 Å². The second-order valence-electron chi connectivity index (χ2n) is 5.00. The van der Waals surface area contributed by atoms with Crippen LogP contribution in [0, 0.1) is 0 Å². The summed E-state index contributed by atoms with van der Waals surface area (Å²) in [4.78, 5) is 12.6. The molecule has 0 atom stereocenters. The minimum atomic E-state index is 0.333. The van der Waals surface area contributed by atoms with Gasteiger partial charge in [-0.15, -0.1) is 0 Å². The first-order chi connectivity index (χ1) is 10.7. The number of hydrogen-bond acceptors (Lipinski definition) is 5. The van der Waals surface area contributed by atoms with Crippen LogP contribution >= 0.6 is 0 Å². The SMILES string of the molecule is Cn1cnc(-c2ccccc2)c1-c1cc2ncnc(N)c2o1. The molecule has 0 saturated heterocycles. The van der Waals surface area contributed by atoms with E-state index in [1.165, 1.54) is 6.33 Å². The number of nitrogens with zero attached hydrogens (tertiary/aromatic N) is 4. The van der Waals surface area contributed by atoms with Crippen molar-refractivity contribution < 1.29 is 4.42 Å². The molecule has 0 aliphatic rings. The van der Waals surface area contributed by atoms with Crippen molar-refractivity contribution >= 4 is 16.9 Å². The summed E-state index contributed by atoms with van der Waals surface area (Å²) in [5.74, 6) is 1.00. The number of aromatic nitrogens is 4. The molecule has 2 N–H and O–H groups in total. The van der Waals surface area contributed by atoms with E-state index in [4.69, 9.17) is 10.2 Å². The fourth-order valence-electron chi connectivity index (χ4n) is 2.52. The second-order valence-corrected chi connectivity index (χ2v) is 5.00. The van der Waals surface area contributed by atoms with Gasteiger partial charge in [0.2, 0.25) is 0 Å². The van der Waals surface area contributed by atoms with Crippen molar-refractivity contribution in [1.82, 2.24) is 19.5 Å². The smallest absolute Gasteiger partial charge is 0.195 e. The topological polar surface area (TPSA) is 82.8 Å². The van der Waals surface area contributed by atoms with Gasteiger partial charge in [0.15, 0.2) is 17.2 Å². The van der Waals surface area contributed by atoms with E-state index in [1.54, 1.807) is 6.33 Å². The van der Waals surface area contributed by atoms with Crippen LogP contribution in [0.2, 0.25) is 0 Å². The number of nitrogens with two attached hydrogens (primary N) is 1. The third-order valence-corrected chi connectivity index (χ3v) is 3.56. The molecule has 22 heavy (non-hydrogen) atoms. The maximum absolute atomic E-state index is 5.88. The number of benzene rings is 1. The molecule has 0 bridgehead atoms. The van der Waals surface area contributed by atoms with E-state index in [0.29, 0.717) is 22.7 Å². The molecule has 0 fully saturated rings. The standard InChI is InChI=1S/C16H13N5O/c1-21-9-20-13(10-5-3-2-4-6-10)14(21)12-7-11-15(22-12)16(17)19-8-18-11/h2-9H,1H3,(H2,17,18,19). The summed E-state index contributed by atoms with van der Waals surface area (Å²) in [6.45, 7) is 0. The molecule has 0 saturated carbocycles. The third-order valence-electron chi connectivity index (χ3n) is 3.56. The van der Waals surface area contributed by atoms with Crippen molar-refractivity contribution in [3.8, 4) is 22.7 Å². The highest BCUT2D eigenvalue weighted by Gasteiger charge is 2.18. The summed E-state index contributed by atoms with van der Waals surface area (Å²) in [7, 11) is 1.93. The molecule has 0 spiro atoms. The first-order valence-corrected chi connectivity index (χ1v) is 6.81. The van der Waals surface area contributed by atoms with Crippen LogP contribution < -0.4 is 5.73 Å². The molecule has 0 radical (unpaired) electrons. The molecule has 0 aliphatic carbocycles. The highest BCUT2D eigenvalue weighted by molar-refractivity contribution is 5.88. The Morgan fingerprint density at radius 3 is 2.68 bits per heavy atom. The van der Waals surface area contributed by atoms with Gasteiger partial charge in [-0.3, -0.25) is 0 Å². The number of imidazole rings is 1. The molecular weight excluding hydrogens is 278 g/mol. The Labute approximate surface area is 126 Å². The van der Waals surface area contributed by atoms with Crippen molar-refractivity contribution in [2.75, 3.05) is 5.73 Å². The van der Waals surface area contributed by atoms with Crippen LogP contribution in [0.25, 0.3) is 33.8 Å². The van der Waals surface area contributed by atoms with Crippen molar-refractivity contribution in [1.29, 1.82) is 0 Å². The van der Waals surface area contributed by atoms with Crippen LogP contribution in [0.5, 0.6) is 0 Å². The molecular formula is C16H13N5O. The van der Waals surface area contributed by atoms with Gasteiger partial charge in [0.05, 0.1) is 12.0 Å². The quantitative estimate of drug-likeness (QED) is 0.614. The normalized spacial score (nSPS) is 11.1. The summed E-state index contributed by atoms with van der Waals surface area (Å²) in [5.41, 5.74) is 9.78. The van der Waals surface area contributed by atoms with Gasteiger partial charge >= 0.3 is 0 Å². The number of hydrogen-bond donors (Lipinski definition) is 1. The fraction of sp³-hybridized carbons (Fsp3) is 0.0625. The van der Waals surface area contributed by atoms with Gasteiger partial charge in [0.1, 0.15) is 17.5 Å². The molecule has 4 rings (SSSR count). The van der Waals surface area contributed by atoms with Gasteiger partial charge in [-0.05, 0) is 0 Å². The molecule has 6 nitrogen and oxygen atoms in total. The van der Waals surface area contributed by atoms with Crippen LogP contribution in [-0.4, -0.2) is 19.5 Å². The van der Waals surface area contributed by atoms with Crippen molar-refractivity contribution in [3.63, 3.8) is 0 Å². The summed E-state index contributed by atoms with van der Waals surface area (Å²) >= 11 is 0. The molecule has 1 aromatic carbocycles. The number of anilines is 1. The van der Waals surface area contributed by atoms with Gasteiger partial charge in [0.25, 0.3) is 0 Å². The summed E-state index contributed by atoms with van der Waals surface area (Å²) < 4.78 is 7.80. The maximum atomic E-state index is 5.88. The molecule has 0 aliphatic heterocycles. The molecule has 3 heterocycles. The van der Waals surface area contributed by atoms with E-state index in [1.807, 2.05) is 48.0 Å². The Morgan fingerprint density at radius 1 is 1.09 bits per heavy atom. The Morgan fingerprint density at radius 2 is 1.91 bits per heavy atom. The summed E-state index contributed by atoms with van der Waals surface area (Å²) in [5, 5.41) is 0. The zero-order chi connectivity index (χ0) is 15.1. The van der Waals surface area contributed by atoms with Gasteiger partial charge in [-0.25, -0.2) is 15.0 Å². The predicted octanol–water partition coefficient (Wildman–Crippen LogP) is 2.87. The van der Waals surface area contributed by atoms with Gasteiger partial charge in [-0.1, -0.05) is 30.3 Å². The van der Waals surface area contributed by atoms with Gasteiger partial charge in [0, 0.05) is 18.7 Å². The van der Waals surface area contributed by atoms with E-state index >= 15 is 0 Å². The van der Waals surface area contributed by atoms with E-state index in [9.17, 15) is 0 Å². The fourth-order valence-corrected chi connectivity index (χ4v) is 2.52. The lowest BCUT2D eigenvalue weighted by Gasteiger charge is -2.03. The van der Waals surface area contributed by atoms with Crippen LogP contribution in [0.1, 0.15) is 0 Å². The number of nitrogen functional groups attached to an aromatic ring is 1. The van der Waals surface area contributed by atoms with Crippen LogP contribution in [-0.2, 0) is 7.05 Å². The van der Waals surface area contributed by atoms with Crippen LogP contribution in [0.4, 0.5) is 5.82 Å². The second kappa shape index (κ2) is 4.70. The Balaban J connectivity index is 1.95. The zero-order valence-corrected chi connectivity index (χ0v) is 11.9. The Bertz CT molecular complexity index is 955. The minimum absolute atomic E-state index is 0.333. The van der Waals surface area contributed by atoms with Crippen molar-refractivity contribution in [3.05, 3.63) is 49.1 Å². The molecule has 0 amide bonds. The van der Waals surface area contributed by atoms with Gasteiger partial charge < -0.3 is 14.7 Å². The third kappa shape index (κ3) is 1.85. The van der Waals surface area contributed by atoms with Gasteiger partial charge in [-0.2, -0.15) is 0 Å². The lowest BCUT2D eigenvalue weighted by atomic mass is 10.1. The molecule has 3 aromatic heterocycles. The highest BCUT2D eigenvalue weighted by atomic mass is 16.3. The average molecular weight is 291 g/mol. The van der Waals surface area contributed by atoms with Crippen molar-refractivity contribution in [2.24, 2.45) is 7.05 Å².